The molecule has 2 fully saturated rings. The van der Waals surface area contributed by atoms with E-state index in [9.17, 15) is 9.36 Å². The molecule has 0 heterocycles. The molecule has 2 N–H and O–H groups in total. The fourth-order valence-electron chi connectivity index (χ4n) is 6.19. The zero-order valence-corrected chi connectivity index (χ0v) is 16.2. The monoisotopic (exact) mass is 378 g/mol. The van der Waals surface area contributed by atoms with E-state index in [1.54, 1.807) is 12.1 Å². The molecule has 0 saturated heterocycles. The molecule has 1 aromatic rings. The summed E-state index contributed by atoms with van der Waals surface area (Å²) in [4.78, 5) is 30.8. The summed E-state index contributed by atoms with van der Waals surface area (Å²) in [5.74, 6) is 2.65. The van der Waals surface area contributed by atoms with Gasteiger partial charge in [-0.25, -0.2) is 4.57 Å². The van der Waals surface area contributed by atoms with Crippen LogP contribution >= 0.6 is 7.82 Å². The van der Waals surface area contributed by atoms with E-state index in [4.69, 9.17) is 14.3 Å². The first kappa shape index (κ1) is 18.2. The number of carbonyl (C=O) groups is 1. The lowest BCUT2D eigenvalue weighted by Crippen LogP contribution is -2.44. The van der Waals surface area contributed by atoms with Crippen LogP contribution in [0.3, 0.4) is 0 Å². The molecule has 5 atom stereocenters. The van der Waals surface area contributed by atoms with E-state index in [1.807, 2.05) is 6.07 Å². The summed E-state index contributed by atoms with van der Waals surface area (Å²) in [6.45, 7) is 4.40. The molecule has 0 amide bonds. The summed E-state index contributed by atoms with van der Waals surface area (Å²) in [5, 5.41) is 0. The van der Waals surface area contributed by atoms with Gasteiger partial charge in [-0.15, -0.1) is 0 Å². The zero-order valence-electron chi connectivity index (χ0n) is 15.4. The molecular formula is C20H27O5P. The Morgan fingerprint density at radius 2 is 2.08 bits per heavy atom. The van der Waals surface area contributed by atoms with E-state index >= 15 is 0 Å². The molecule has 3 aliphatic carbocycles. The number of benzene rings is 1. The molecule has 3 aliphatic rings. The van der Waals surface area contributed by atoms with Crippen LogP contribution in [-0.4, -0.2) is 15.6 Å². The number of phosphoric ester groups is 1. The maximum absolute atomic E-state index is 12.7. The highest BCUT2D eigenvalue weighted by Crippen LogP contribution is 2.62. The van der Waals surface area contributed by atoms with Gasteiger partial charge < -0.3 is 4.52 Å². The maximum Gasteiger partial charge on any atom is 0.524 e. The fraction of sp³-hybridized carbons (Fsp3) is 0.650. The molecule has 0 aliphatic heterocycles. The molecule has 4 rings (SSSR count). The lowest BCUT2D eigenvalue weighted by atomic mass is 9.54. The molecule has 0 radical (unpaired) electrons. The van der Waals surface area contributed by atoms with Crippen molar-refractivity contribution in [3.05, 3.63) is 29.3 Å². The van der Waals surface area contributed by atoms with E-state index in [0.29, 0.717) is 29.5 Å². The van der Waals surface area contributed by atoms with Gasteiger partial charge in [0.2, 0.25) is 0 Å². The third-order valence-electron chi connectivity index (χ3n) is 7.29. The lowest BCUT2D eigenvalue weighted by molar-refractivity contribution is -0.129. The quantitative estimate of drug-likeness (QED) is 0.770. The molecule has 0 spiro atoms. The smallest absolute Gasteiger partial charge is 0.404 e. The largest absolute Gasteiger partial charge is 0.524 e. The first-order valence-electron chi connectivity index (χ1n) is 9.64. The first-order chi connectivity index (χ1) is 12.2. The minimum Gasteiger partial charge on any atom is -0.404 e. The van der Waals surface area contributed by atoms with Crippen LogP contribution in [0.2, 0.25) is 0 Å². The van der Waals surface area contributed by atoms with Crippen molar-refractivity contribution in [3.8, 4) is 5.75 Å². The van der Waals surface area contributed by atoms with Gasteiger partial charge in [0, 0.05) is 11.8 Å². The Bertz CT molecular complexity index is 784. The van der Waals surface area contributed by atoms with Crippen LogP contribution in [0, 0.1) is 23.2 Å². The van der Waals surface area contributed by atoms with Crippen LogP contribution in [-0.2, 0) is 15.8 Å². The Hall–Kier alpha value is -1.16. The van der Waals surface area contributed by atoms with Crippen molar-refractivity contribution in [1.82, 2.24) is 0 Å². The van der Waals surface area contributed by atoms with Crippen LogP contribution < -0.4 is 4.52 Å². The Labute approximate surface area is 154 Å². The highest BCUT2D eigenvalue weighted by molar-refractivity contribution is 7.46. The van der Waals surface area contributed by atoms with Crippen LogP contribution in [0.25, 0.3) is 0 Å². The van der Waals surface area contributed by atoms with E-state index < -0.39 is 7.82 Å². The zero-order chi connectivity index (χ0) is 18.7. The molecule has 142 valence electrons. The Morgan fingerprint density at radius 1 is 1.31 bits per heavy atom. The fourth-order valence-corrected chi connectivity index (χ4v) is 6.58. The third kappa shape index (κ3) is 2.85. The molecule has 2 saturated carbocycles. The van der Waals surface area contributed by atoms with Gasteiger partial charge in [-0.05, 0) is 72.6 Å². The van der Waals surface area contributed by atoms with Crippen molar-refractivity contribution in [3.63, 3.8) is 0 Å². The number of Topliss-reactive ketones (excluding diaryl/α,β-unsaturated/α-hetero) is 1. The van der Waals surface area contributed by atoms with E-state index in [1.165, 1.54) is 5.56 Å². The van der Waals surface area contributed by atoms with E-state index in [0.717, 1.165) is 44.1 Å². The number of rotatable bonds is 3. The van der Waals surface area contributed by atoms with E-state index in [-0.39, 0.29) is 11.2 Å². The highest BCUT2D eigenvalue weighted by Gasteiger charge is 2.58. The van der Waals surface area contributed by atoms with Gasteiger partial charge in [0.05, 0.1) is 0 Å². The van der Waals surface area contributed by atoms with Gasteiger partial charge >= 0.3 is 7.82 Å². The summed E-state index contributed by atoms with van der Waals surface area (Å²) in [5.41, 5.74) is 2.27. The summed E-state index contributed by atoms with van der Waals surface area (Å²) in [7, 11) is -4.53. The number of carbonyl (C=O) groups excluding carboxylic acids is 1. The summed E-state index contributed by atoms with van der Waals surface area (Å²) < 4.78 is 15.9. The minimum absolute atomic E-state index is 0.150. The SMILES string of the molecule is CCC1CC(=O)C2(C)CCC3c4ccc(OP(=O)(O)O)cc4CCC3C12. The second-order valence-corrected chi connectivity index (χ2v) is 9.69. The van der Waals surface area contributed by atoms with Crippen molar-refractivity contribution < 1.29 is 23.7 Å². The topological polar surface area (TPSA) is 83.8 Å². The average molecular weight is 378 g/mol. The predicted molar refractivity (Wildman–Crippen MR) is 97.9 cm³/mol. The minimum atomic E-state index is -4.53. The van der Waals surface area contributed by atoms with E-state index in [2.05, 4.69) is 13.8 Å². The number of hydrogen-bond acceptors (Lipinski definition) is 3. The number of fused-ring (bicyclic) bond motifs is 5. The number of phosphoric acid groups is 1. The van der Waals surface area contributed by atoms with Gasteiger partial charge in [0.15, 0.2) is 0 Å². The lowest BCUT2D eigenvalue weighted by Gasteiger charge is -2.49. The normalized spacial score (nSPS) is 36.2. The highest BCUT2D eigenvalue weighted by atomic mass is 31.2. The van der Waals surface area contributed by atoms with Crippen molar-refractivity contribution in [1.29, 1.82) is 0 Å². The van der Waals surface area contributed by atoms with Crippen LogP contribution in [0.5, 0.6) is 5.75 Å². The second kappa shape index (κ2) is 6.19. The van der Waals surface area contributed by atoms with Crippen LogP contribution in [0.15, 0.2) is 18.2 Å². The molecular weight excluding hydrogens is 351 g/mol. The van der Waals surface area contributed by atoms with Crippen LogP contribution in [0.1, 0.15) is 63.0 Å². The Balaban J connectivity index is 1.66. The number of hydrogen-bond donors (Lipinski definition) is 2. The number of aryl methyl sites for hydroxylation is 1. The van der Waals surface area contributed by atoms with Gasteiger partial charge in [-0.1, -0.05) is 26.3 Å². The van der Waals surface area contributed by atoms with Crippen molar-refractivity contribution in [2.75, 3.05) is 0 Å². The number of ketones is 1. The average Bonchev–Trinajstić information content (AvgIpc) is 2.84. The molecule has 1 aromatic carbocycles. The molecule has 6 heteroatoms. The summed E-state index contributed by atoms with van der Waals surface area (Å²) in [6, 6.07) is 5.44. The Morgan fingerprint density at radius 3 is 2.77 bits per heavy atom. The molecule has 0 bridgehead atoms. The second-order valence-electron chi connectivity index (χ2n) is 8.53. The third-order valence-corrected chi connectivity index (χ3v) is 7.74. The van der Waals surface area contributed by atoms with Gasteiger partial charge in [-0.2, -0.15) is 0 Å². The molecule has 26 heavy (non-hydrogen) atoms. The standard InChI is InChI=1S/C20H27O5P/c1-3-12-11-18(21)20(2)9-8-16-15-7-5-14(25-26(22,23)24)10-13(15)4-6-17(16)19(12)20/h5,7,10,12,16-17,19H,3-4,6,8-9,11H2,1-2H3,(H2,22,23,24). The van der Waals surface area contributed by atoms with Gasteiger partial charge in [0.1, 0.15) is 11.5 Å². The van der Waals surface area contributed by atoms with Crippen LogP contribution in [0.4, 0.5) is 0 Å². The van der Waals surface area contributed by atoms with Gasteiger partial charge in [0.25, 0.3) is 0 Å². The molecule has 0 aromatic heterocycles. The first-order valence-corrected chi connectivity index (χ1v) is 11.2. The summed E-state index contributed by atoms with van der Waals surface area (Å²) >= 11 is 0. The van der Waals surface area contributed by atoms with Gasteiger partial charge in [-0.3, -0.25) is 14.6 Å². The predicted octanol–water partition coefficient (Wildman–Crippen LogP) is 4.22. The van der Waals surface area contributed by atoms with Crippen molar-refractivity contribution in [2.45, 2.75) is 58.3 Å². The Kier molecular flexibility index (Phi) is 4.33. The van der Waals surface area contributed by atoms with Crippen molar-refractivity contribution in [2.24, 2.45) is 23.2 Å². The summed E-state index contributed by atoms with van der Waals surface area (Å²) in [6.07, 6.45) is 5.70. The van der Waals surface area contributed by atoms with Crippen molar-refractivity contribution >= 4 is 13.6 Å². The maximum atomic E-state index is 12.7. The molecule has 5 nitrogen and oxygen atoms in total. The molecule has 5 unspecified atom stereocenters.